The first kappa shape index (κ1) is 11.3. The van der Waals surface area contributed by atoms with Crippen LogP contribution in [0.2, 0.25) is 0 Å². The van der Waals surface area contributed by atoms with Gasteiger partial charge in [-0.2, -0.15) is 0 Å². The van der Waals surface area contributed by atoms with Crippen LogP contribution in [0.1, 0.15) is 5.89 Å². The molecule has 0 saturated carbocycles. The summed E-state index contributed by atoms with van der Waals surface area (Å²) >= 11 is 3.34. The number of halogens is 1. The monoisotopic (exact) mass is 281 g/mol. The Labute approximate surface area is 102 Å². The Morgan fingerprint density at radius 2 is 2.00 bits per heavy atom. The summed E-state index contributed by atoms with van der Waals surface area (Å²) in [6, 6.07) is 9.75. The molecule has 84 valence electrons. The largest absolute Gasteiger partial charge is 0.419 e. The normalized spacial score (nSPS) is 10.6. The number of aromatic nitrogens is 2. The molecule has 0 aliphatic heterocycles. The molecule has 0 aliphatic carbocycles. The van der Waals surface area contributed by atoms with Crippen LogP contribution in [0.3, 0.4) is 0 Å². The van der Waals surface area contributed by atoms with Crippen LogP contribution in [-0.2, 0) is 6.54 Å². The smallest absolute Gasteiger partial charge is 0.247 e. The average Bonchev–Trinajstić information content (AvgIpc) is 2.79. The predicted molar refractivity (Wildman–Crippen MR) is 65.2 cm³/mol. The molecule has 4 nitrogen and oxygen atoms in total. The van der Waals surface area contributed by atoms with Crippen molar-refractivity contribution in [1.82, 2.24) is 15.5 Å². The van der Waals surface area contributed by atoms with Gasteiger partial charge in [-0.3, -0.25) is 0 Å². The first-order valence-corrected chi connectivity index (χ1v) is 6.17. The number of hydrogen-bond donors (Lipinski definition) is 1. The van der Waals surface area contributed by atoms with Crippen molar-refractivity contribution in [1.29, 1.82) is 0 Å². The summed E-state index contributed by atoms with van der Waals surface area (Å²) in [6.45, 7) is 1.48. The summed E-state index contributed by atoms with van der Waals surface area (Å²) in [5, 5.41) is 12.0. The molecule has 1 N–H and O–H groups in total. The maximum atomic E-state index is 5.52. The second kappa shape index (κ2) is 5.77. The minimum Gasteiger partial charge on any atom is -0.419 e. The maximum Gasteiger partial charge on any atom is 0.247 e. The third-order valence-corrected chi connectivity index (χ3v) is 2.43. The van der Waals surface area contributed by atoms with Gasteiger partial charge in [-0.15, -0.1) is 10.2 Å². The van der Waals surface area contributed by atoms with E-state index in [1.54, 1.807) is 0 Å². The highest BCUT2D eigenvalue weighted by atomic mass is 79.9. The second-order valence-electron chi connectivity index (χ2n) is 3.23. The van der Waals surface area contributed by atoms with E-state index in [0.29, 0.717) is 18.3 Å². The molecule has 0 fully saturated rings. The van der Waals surface area contributed by atoms with Gasteiger partial charge in [0.25, 0.3) is 0 Å². The van der Waals surface area contributed by atoms with Crippen LogP contribution >= 0.6 is 15.9 Å². The molecule has 5 heteroatoms. The van der Waals surface area contributed by atoms with E-state index in [-0.39, 0.29) is 0 Å². The van der Waals surface area contributed by atoms with Crippen LogP contribution < -0.4 is 5.32 Å². The minimum absolute atomic E-state index is 0.566. The third kappa shape index (κ3) is 2.90. The highest BCUT2D eigenvalue weighted by Gasteiger charge is 2.06. The molecule has 0 aliphatic rings. The van der Waals surface area contributed by atoms with E-state index in [9.17, 15) is 0 Å². The van der Waals surface area contributed by atoms with Gasteiger partial charge in [0.05, 0.1) is 6.54 Å². The van der Waals surface area contributed by atoms with E-state index in [1.807, 2.05) is 30.3 Å². The van der Waals surface area contributed by atoms with Gasteiger partial charge < -0.3 is 9.73 Å². The molecule has 1 aromatic carbocycles. The molecule has 0 radical (unpaired) electrons. The van der Waals surface area contributed by atoms with Crippen LogP contribution in [0.15, 0.2) is 34.7 Å². The Balaban J connectivity index is 2.02. The van der Waals surface area contributed by atoms with Crippen molar-refractivity contribution >= 4 is 15.9 Å². The lowest BCUT2D eigenvalue weighted by Gasteiger charge is -1.96. The van der Waals surface area contributed by atoms with Crippen molar-refractivity contribution < 1.29 is 4.42 Å². The van der Waals surface area contributed by atoms with Gasteiger partial charge in [-0.25, -0.2) is 0 Å². The average molecular weight is 282 g/mol. The zero-order valence-corrected chi connectivity index (χ0v) is 10.3. The fourth-order valence-electron chi connectivity index (χ4n) is 1.28. The highest BCUT2D eigenvalue weighted by Crippen LogP contribution is 2.16. The zero-order chi connectivity index (χ0) is 11.2. The van der Waals surface area contributed by atoms with Gasteiger partial charge in [0.2, 0.25) is 11.8 Å². The molecule has 0 amide bonds. The van der Waals surface area contributed by atoms with Crippen LogP contribution in [0.5, 0.6) is 0 Å². The van der Waals surface area contributed by atoms with Crippen LogP contribution in [-0.4, -0.2) is 22.1 Å². The third-order valence-electron chi connectivity index (χ3n) is 2.04. The minimum atomic E-state index is 0.566. The van der Waals surface area contributed by atoms with E-state index in [1.165, 1.54) is 0 Å². The molecule has 0 atom stereocenters. The number of alkyl halides is 1. The molecule has 16 heavy (non-hydrogen) atoms. The van der Waals surface area contributed by atoms with Gasteiger partial charge >= 0.3 is 0 Å². The van der Waals surface area contributed by atoms with E-state index in [2.05, 4.69) is 31.4 Å². The van der Waals surface area contributed by atoms with Crippen LogP contribution in [0.4, 0.5) is 0 Å². The lowest BCUT2D eigenvalue weighted by atomic mass is 10.2. The number of nitrogens with zero attached hydrogens (tertiary/aromatic N) is 2. The summed E-state index contributed by atoms with van der Waals surface area (Å²) in [5.41, 5.74) is 0.946. The first-order valence-electron chi connectivity index (χ1n) is 5.04. The Morgan fingerprint density at radius 1 is 1.19 bits per heavy atom. The van der Waals surface area contributed by atoms with Crippen molar-refractivity contribution in [2.75, 3.05) is 11.9 Å². The quantitative estimate of drug-likeness (QED) is 0.675. The van der Waals surface area contributed by atoms with E-state index in [4.69, 9.17) is 4.42 Å². The first-order chi connectivity index (χ1) is 7.90. The lowest BCUT2D eigenvalue weighted by molar-refractivity contribution is 0.483. The van der Waals surface area contributed by atoms with Crippen LogP contribution in [0, 0.1) is 0 Å². The van der Waals surface area contributed by atoms with Gasteiger partial charge in [-0.05, 0) is 12.1 Å². The highest BCUT2D eigenvalue weighted by molar-refractivity contribution is 9.09. The number of hydrogen-bond acceptors (Lipinski definition) is 4. The van der Waals surface area contributed by atoms with Crippen molar-refractivity contribution in [3.8, 4) is 11.5 Å². The van der Waals surface area contributed by atoms with Crippen molar-refractivity contribution in [3.63, 3.8) is 0 Å². The lowest BCUT2D eigenvalue weighted by Crippen LogP contribution is -2.15. The van der Waals surface area contributed by atoms with E-state index >= 15 is 0 Å². The maximum absolute atomic E-state index is 5.52. The molecule has 0 bridgehead atoms. The second-order valence-corrected chi connectivity index (χ2v) is 4.03. The summed E-state index contributed by atoms with van der Waals surface area (Å²) in [4.78, 5) is 0. The molecule has 0 unspecified atom stereocenters. The summed E-state index contributed by atoms with van der Waals surface area (Å²) in [6.07, 6.45) is 0. The molecule has 0 spiro atoms. The topological polar surface area (TPSA) is 51.0 Å². The SMILES string of the molecule is BrCCNCc1nnc(-c2ccccc2)o1. The molecule has 1 heterocycles. The Hall–Kier alpha value is -1.20. The van der Waals surface area contributed by atoms with Crippen LogP contribution in [0.25, 0.3) is 11.5 Å². The molecule has 0 saturated heterocycles. The van der Waals surface area contributed by atoms with Gasteiger partial charge in [0, 0.05) is 17.4 Å². The fourth-order valence-corrected chi connectivity index (χ4v) is 1.56. The van der Waals surface area contributed by atoms with E-state index in [0.717, 1.165) is 17.4 Å². The van der Waals surface area contributed by atoms with Gasteiger partial charge in [-0.1, -0.05) is 34.1 Å². The molecule has 2 rings (SSSR count). The van der Waals surface area contributed by atoms with Crippen molar-refractivity contribution in [2.45, 2.75) is 6.54 Å². The number of benzene rings is 1. The van der Waals surface area contributed by atoms with Gasteiger partial charge in [0.1, 0.15) is 0 Å². The molecule has 1 aromatic heterocycles. The Bertz CT molecular complexity index is 430. The van der Waals surface area contributed by atoms with Crippen molar-refractivity contribution in [2.24, 2.45) is 0 Å². The predicted octanol–water partition coefficient (Wildman–Crippen LogP) is 2.22. The van der Waals surface area contributed by atoms with Gasteiger partial charge in [0.15, 0.2) is 0 Å². The molecular formula is C11H12BrN3O. The number of nitrogens with one attached hydrogen (secondary N) is 1. The Kier molecular flexibility index (Phi) is 4.07. The summed E-state index contributed by atoms with van der Waals surface area (Å²) < 4.78 is 5.52. The summed E-state index contributed by atoms with van der Waals surface area (Å²) in [7, 11) is 0. The molecule has 2 aromatic rings. The standard InChI is InChI=1S/C11H12BrN3O/c12-6-7-13-8-10-14-15-11(16-10)9-4-2-1-3-5-9/h1-5,13H,6-8H2. The van der Waals surface area contributed by atoms with E-state index < -0.39 is 0 Å². The molecular weight excluding hydrogens is 270 g/mol. The van der Waals surface area contributed by atoms with Crippen molar-refractivity contribution in [3.05, 3.63) is 36.2 Å². The fraction of sp³-hybridized carbons (Fsp3) is 0.273. The summed E-state index contributed by atoms with van der Waals surface area (Å²) in [5.74, 6) is 1.18. The zero-order valence-electron chi connectivity index (χ0n) is 8.69. The Morgan fingerprint density at radius 3 is 2.75 bits per heavy atom. The number of rotatable bonds is 5.